The predicted molar refractivity (Wildman–Crippen MR) is 62.5 cm³/mol. The van der Waals surface area contributed by atoms with Gasteiger partial charge < -0.3 is 0 Å². The van der Waals surface area contributed by atoms with Crippen LogP contribution in [-0.4, -0.2) is 5.78 Å². The highest BCUT2D eigenvalue weighted by atomic mass is 35.5. The summed E-state index contributed by atoms with van der Waals surface area (Å²) in [4.78, 5) is 11.1. The molecule has 0 amide bonds. The topological polar surface area (TPSA) is 17.1 Å². The van der Waals surface area contributed by atoms with Crippen LogP contribution in [0.2, 0.25) is 10.0 Å². The average molecular weight is 241 g/mol. The number of hydrogen-bond acceptors (Lipinski definition) is 1. The Morgan fingerprint density at radius 1 is 1.20 bits per heavy atom. The van der Waals surface area contributed by atoms with Crippen LogP contribution in [0, 0.1) is 0 Å². The minimum Gasteiger partial charge on any atom is -0.295 e. The van der Waals surface area contributed by atoms with Crippen molar-refractivity contribution in [3.8, 4) is 0 Å². The van der Waals surface area contributed by atoms with E-state index >= 15 is 0 Å². The molecule has 0 N–H and O–H groups in total. The summed E-state index contributed by atoms with van der Waals surface area (Å²) in [7, 11) is 0. The van der Waals surface area contributed by atoms with Gasteiger partial charge in [-0.25, -0.2) is 0 Å². The van der Waals surface area contributed by atoms with Gasteiger partial charge in [-0.15, -0.1) is 0 Å². The minimum absolute atomic E-state index is 0.218. The van der Waals surface area contributed by atoms with Crippen molar-refractivity contribution in [3.63, 3.8) is 0 Å². The van der Waals surface area contributed by atoms with Crippen LogP contribution < -0.4 is 0 Å². The third-order valence-electron chi connectivity index (χ3n) is 2.49. The lowest BCUT2D eigenvalue weighted by Gasteiger charge is -2.04. The molecule has 0 bridgehead atoms. The van der Waals surface area contributed by atoms with E-state index in [-0.39, 0.29) is 5.78 Å². The second-order valence-electron chi connectivity index (χ2n) is 3.68. The lowest BCUT2D eigenvalue weighted by atomic mass is 10.1. The molecule has 0 fully saturated rings. The highest BCUT2D eigenvalue weighted by molar-refractivity contribution is 6.35. The van der Waals surface area contributed by atoms with Crippen molar-refractivity contribution < 1.29 is 4.79 Å². The molecule has 1 aromatic carbocycles. The second-order valence-corrected chi connectivity index (χ2v) is 4.53. The van der Waals surface area contributed by atoms with E-state index < -0.39 is 0 Å². The minimum atomic E-state index is 0.218. The molecule has 1 nitrogen and oxygen atoms in total. The normalized spacial score (nSPS) is 15.6. The largest absolute Gasteiger partial charge is 0.295 e. The van der Waals surface area contributed by atoms with Crippen LogP contribution in [0.4, 0.5) is 0 Å². The van der Waals surface area contributed by atoms with Gasteiger partial charge in [0.05, 0.1) is 0 Å². The lowest BCUT2D eigenvalue weighted by Crippen LogP contribution is -1.89. The van der Waals surface area contributed by atoms with Gasteiger partial charge in [-0.05, 0) is 36.6 Å². The van der Waals surface area contributed by atoms with E-state index in [1.54, 1.807) is 12.1 Å². The Bertz CT molecular complexity index is 435. The van der Waals surface area contributed by atoms with Gasteiger partial charge >= 0.3 is 0 Å². The summed E-state index contributed by atoms with van der Waals surface area (Å²) in [6.07, 6.45) is 3.98. The Morgan fingerprint density at radius 3 is 2.60 bits per heavy atom. The average Bonchev–Trinajstić information content (AvgIpc) is 2.56. The van der Waals surface area contributed by atoms with Gasteiger partial charge in [0.25, 0.3) is 0 Å². The second kappa shape index (κ2) is 4.38. The third kappa shape index (κ3) is 2.61. The smallest absolute Gasteiger partial charge is 0.155 e. The van der Waals surface area contributed by atoms with Gasteiger partial charge in [0, 0.05) is 16.5 Å². The Kier molecular flexibility index (Phi) is 3.13. The molecule has 0 saturated carbocycles. The number of benzene rings is 1. The van der Waals surface area contributed by atoms with Crippen LogP contribution in [0.25, 0.3) is 0 Å². The zero-order valence-corrected chi connectivity index (χ0v) is 9.61. The Balaban J connectivity index is 2.18. The molecule has 0 saturated heterocycles. The fourth-order valence-corrected chi connectivity index (χ4v) is 2.18. The molecule has 1 aromatic rings. The van der Waals surface area contributed by atoms with Gasteiger partial charge in [-0.3, -0.25) is 4.79 Å². The maximum Gasteiger partial charge on any atom is 0.155 e. The molecule has 2 rings (SSSR count). The summed E-state index contributed by atoms with van der Waals surface area (Å²) in [5.74, 6) is 0.218. The highest BCUT2D eigenvalue weighted by Crippen LogP contribution is 2.26. The van der Waals surface area contributed by atoms with E-state index in [9.17, 15) is 4.79 Å². The molecular formula is C12H10Cl2O. The number of carbonyl (C=O) groups excluding carboxylic acids is 1. The van der Waals surface area contributed by atoms with Crippen LogP contribution in [0.15, 0.2) is 29.8 Å². The molecule has 78 valence electrons. The number of rotatable bonds is 2. The first-order valence-electron chi connectivity index (χ1n) is 4.81. The molecule has 0 radical (unpaired) electrons. The summed E-state index contributed by atoms with van der Waals surface area (Å²) in [5.41, 5.74) is 2.19. The van der Waals surface area contributed by atoms with E-state index in [0.29, 0.717) is 16.5 Å². The maximum atomic E-state index is 11.1. The fraction of sp³-hybridized carbons (Fsp3) is 0.250. The molecule has 3 heteroatoms. The van der Waals surface area contributed by atoms with E-state index in [4.69, 9.17) is 23.2 Å². The van der Waals surface area contributed by atoms with E-state index in [2.05, 4.69) is 0 Å². The summed E-state index contributed by atoms with van der Waals surface area (Å²) in [6.45, 7) is 0. The van der Waals surface area contributed by atoms with Crippen LogP contribution >= 0.6 is 23.2 Å². The van der Waals surface area contributed by atoms with Crippen molar-refractivity contribution in [2.45, 2.75) is 19.3 Å². The Morgan fingerprint density at radius 2 is 2.00 bits per heavy atom. The highest BCUT2D eigenvalue weighted by Gasteiger charge is 2.13. The van der Waals surface area contributed by atoms with E-state index in [1.165, 1.54) is 0 Å². The number of hydrogen-bond donors (Lipinski definition) is 0. The zero-order chi connectivity index (χ0) is 10.8. The van der Waals surface area contributed by atoms with Crippen molar-refractivity contribution in [2.24, 2.45) is 0 Å². The van der Waals surface area contributed by atoms with Crippen molar-refractivity contribution in [2.75, 3.05) is 0 Å². The molecule has 1 aliphatic rings. The summed E-state index contributed by atoms with van der Waals surface area (Å²) >= 11 is 11.9. The standard InChI is InChI=1S/C12H10Cl2O/c13-10-3-2-9(12(14)7-10)5-8-1-4-11(15)6-8/h2-3,6-7H,1,4-5H2. The molecule has 0 aliphatic heterocycles. The molecule has 1 aliphatic carbocycles. The maximum absolute atomic E-state index is 11.1. The van der Waals surface area contributed by atoms with Gasteiger partial charge in [-0.1, -0.05) is 34.8 Å². The van der Waals surface area contributed by atoms with Gasteiger partial charge in [0.1, 0.15) is 0 Å². The Labute approximate surface area is 98.7 Å². The van der Waals surface area contributed by atoms with Crippen molar-refractivity contribution >= 4 is 29.0 Å². The van der Waals surface area contributed by atoms with Crippen LogP contribution in [0.1, 0.15) is 18.4 Å². The Hall–Kier alpha value is -0.790. The van der Waals surface area contributed by atoms with E-state index in [1.807, 2.05) is 12.1 Å². The molecule has 0 heterocycles. The van der Waals surface area contributed by atoms with Crippen molar-refractivity contribution in [1.82, 2.24) is 0 Å². The number of ketones is 1. The van der Waals surface area contributed by atoms with Crippen LogP contribution in [-0.2, 0) is 11.2 Å². The van der Waals surface area contributed by atoms with Gasteiger partial charge in [-0.2, -0.15) is 0 Å². The molecule has 0 aromatic heterocycles. The molecule has 15 heavy (non-hydrogen) atoms. The summed E-state index contributed by atoms with van der Waals surface area (Å²) < 4.78 is 0. The van der Waals surface area contributed by atoms with Crippen molar-refractivity contribution in [3.05, 3.63) is 45.5 Å². The predicted octanol–water partition coefficient (Wildman–Crippen LogP) is 3.83. The lowest BCUT2D eigenvalue weighted by molar-refractivity contribution is -0.114. The zero-order valence-electron chi connectivity index (χ0n) is 8.09. The van der Waals surface area contributed by atoms with Gasteiger partial charge in [0.15, 0.2) is 5.78 Å². The van der Waals surface area contributed by atoms with Crippen molar-refractivity contribution in [1.29, 1.82) is 0 Å². The third-order valence-corrected chi connectivity index (χ3v) is 3.08. The van der Waals surface area contributed by atoms with E-state index in [0.717, 1.165) is 24.0 Å². The SMILES string of the molecule is O=C1C=C(Cc2ccc(Cl)cc2Cl)CC1. The molecule has 0 spiro atoms. The molecule has 0 atom stereocenters. The first-order valence-corrected chi connectivity index (χ1v) is 5.57. The summed E-state index contributed by atoms with van der Waals surface area (Å²) in [6, 6.07) is 5.46. The number of carbonyl (C=O) groups is 1. The first kappa shape index (κ1) is 10.7. The number of halogens is 2. The fourth-order valence-electron chi connectivity index (χ4n) is 1.70. The van der Waals surface area contributed by atoms with Crippen LogP contribution in [0.3, 0.4) is 0 Å². The molecule has 0 unspecified atom stereocenters. The quantitative estimate of drug-likeness (QED) is 0.769. The van der Waals surface area contributed by atoms with Crippen LogP contribution in [0.5, 0.6) is 0 Å². The molecular weight excluding hydrogens is 231 g/mol. The van der Waals surface area contributed by atoms with Gasteiger partial charge in [0.2, 0.25) is 0 Å². The monoisotopic (exact) mass is 240 g/mol. The first-order chi connectivity index (χ1) is 7.15. The summed E-state index contributed by atoms with van der Waals surface area (Å²) in [5, 5.41) is 1.31. The number of allylic oxidation sites excluding steroid dienone is 2.